The van der Waals surface area contributed by atoms with E-state index < -0.39 is 30.0 Å². The molecule has 2 heterocycles. The number of nitrogens with zero attached hydrogens (tertiary/aromatic N) is 6. The summed E-state index contributed by atoms with van der Waals surface area (Å²) in [4.78, 5) is 20.6. The molecule has 0 bridgehead atoms. The van der Waals surface area contributed by atoms with Gasteiger partial charge in [0.25, 0.3) is 11.9 Å². The Kier molecular flexibility index (Phi) is 7.57. The van der Waals surface area contributed by atoms with Crippen molar-refractivity contribution in [2.24, 2.45) is 7.05 Å². The highest BCUT2D eigenvalue weighted by Crippen LogP contribution is 2.37. The van der Waals surface area contributed by atoms with Gasteiger partial charge in [0.15, 0.2) is 0 Å². The maximum absolute atomic E-state index is 13.5. The number of rotatable bonds is 8. The third-order valence-corrected chi connectivity index (χ3v) is 6.23. The Morgan fingerprint density at radius 1 is 0.949 bits per heavy atom. The summed E-state index contributed by atoms with van der Waals surface area (Å²) in [5, 5.41) is 12.5. The van der Waals surface area contributed by atoms with Crippen LogP contribution in [0.4, 0.5) is 32.3 Å². The first kappa shape index (κ1) is 27.9. The van der Waals surface area contributed by atoms with Crippen LogP contribution in [0.1, 0.15) is 46.6 Å². The lowest BCUT2D eigenvalue weighted by molar-refractivity contribution is -0.143. The summed E-state index contributed by atoms with van der Waals surface area (Å²) in [6.45, 7) is 4.00. The molecule has 14 heteroatoms. The Morgan fingerprint density at radius 2 is 1.56 bits per heavy atom. The first-order chi connectivity index (χ1) is 18.3. The summed E-state index contributed by atoms with van der Waals surface area (Å²) in [6, 6.07) is 8.48. The number of halogens is 6. The topological polar surface area (TPSA) is 82.9 Å². The van der Waals surface area contributed by atoms with E-state index in [1.165, 1.54) is 11.9 Å². The van der Waals surface area contributed by atoms with E-state index in [1.54, 1.807) is 29.2 Å². The highest BCUT2D eigenvalue weighted by Gasteiger charge is 2.37. The maximum atomic E-state index is 13.5. The minimum Gasteiger partial charge on any atom is -0.350 e. The van der Waals surface area contributed by atoms with Crippen LogP contribution in [0.3, 0.4) is 0 Å². The fourth-order valence-corrected chi connectivity index (χ4v) is 4.34. The van der Waals surface area contributed by atoms with Gasteiger partial charge in [-0.2, -0.15) is 31.1 Å². The van der Waals surface area contributed by atoms with Crippen LogP contribution in [0.25, 0.3) is 10.9 Å². The monoisotopic (exact) mass is 553 g/mol. The molecule has 0 spiro atoms. The van der Waals surface area contributed by atoms with Crippen LogP contribution in [0.5, 0.6) is 0 Å². The van der Waals surface area contributed by atoms with Crippen LogP contribution >= 0.6 is 0 Å². The van der Waals surface area contributed by atoms with Gasteiger partial charge in [-0.1, -0.05) is 23.3 Å². The normalized spacial score (nSPS) is 12.2. The second-order valence-electron chi connectivity index (χ2n) is 8.85. The van der Waals surface area contributed by atoms with Crippen molar-refractivity contribution < 1.29 is 31.1 Å². The standard InChI is InChI=1S/C25H25F6N7O/c1-4-37(5-2)22(39)21-19(18-8-6-7-9-20(18)32-21)14-38(23-33-35-36(3)34-23)13-15-10-16(24(26,27)28)12-17(11-15)25(29,30)31/h6-12,32H,4-5,13-14H2,1-3H3. The maximum Gasteiger partial charge on any atom is 0.416 e. The van der Waals surface area contributed by atoms with Gasteiger partial charge in [-0.25, -0.2) is 0 Å². The number of carbonyl (C=O) groups excluding carboxylic acids is 1. The molecule has 2 aromatic carbocycles. The molecule has 4 rings (SSSR count). The Balaban J connectivity index is 1.83. The molecule has 208 valence electrons. The lowest BCUT2D eigenvalue weighted by Gasteiger charge is -2.24. The van der Waals surface area contributed by atoms with Crippen molar-refractivity contribution >= 4 is 22.8 Å². The smallest absolute Gasteiger partial charge is 0.350 e. The number of aryl methyl sites for hydroxylation is 1. The van der Waals surface area contributed by atoms with E-state index in [0.717, 1.165) is 4.80 Å². The highest BCUT2D eigenvalue weighted by atomic mass is 19.4. The quantitative estimate of drug-likeness (QED) is 0.295. The molecule has 0 radical (unpaired) electrons. The molecule has 0 fully saturated rings. The molecule has 1 N–H and O–H groups in total. The highest BCUT2D eigenvalue weighted by molar-refractivity contribution is 6.01. The van der Waals surface area contributed by atoms with Gasteiger partial charge in [0.2, 0.25) is 0 Å². The van der Waals surface area contributed by atoms with Gasteiger partial charge in [0.1, 0.15) is 5.69 Å². The van der Waals surface area contributed by atoms with Gasteiger partial charge in [0, 0.05) is 42.6 Å². The molecule has 0 aliphatic carbocycles. The number of aromatic nitrogens is 5. The Bertz CT molecular complexity index is 1440. The van der Waals surface area contributed by atoms with Crippen molar-refractivity contribution in [2.75, 3.05) is 18.0 Å². The van der Waals surface area contributed by atoms with Gasteiger partial charge in [0.05, 0.1) is 18.2 Å². The van der Waals surface area contributed by atoms with E-state index in [0.29, 0.717) is 41.7 Å². The molecule has 0 unspecified atom stereocenters. The zero-order valence-electron chi connectivity index (χ0n) is 21.2. The van der Waals surface area contributed by atoms with E-state index in [-0.39, 0.29) is 35.7 Å². The van der Waals surface area contributed by atoms with Gasteiger partial charge < -0.3 is 14.8 Å². The van der Waals surface area contributed by atoms with E-state index in [9.17, 15) is 31.1 Å². The first-order valence-corrected chi connectivity index (χ1v) is 12.0. The summed E-state index contributed by atoms with van der Waals surface area (Å²) in [5.41, 5.74) is -1.71. The van der Waals surface area contributed by atoms with E-state index in [4.69, 9.17) is 0 Å². The van der Waals surface area contributed by atoms with Crippen molar-refractivity contribution in [1.29, 1.82) is 0 Å². The predicted molar refractivity (Wildman–Crippen MR) is 131 cm³/mol. The summed E-state index contributed by atoms with van der Waals surface area (Å²) >= 11 is 0. The number of benzene rings is 2. The lowest BCUT2D eigenvalue weighted by atomic mass is 10.0. The van der Waals surface area contributed by atoms with Crippen LogP contribution in [0.15, 0.2) is 42.5 Å². The molecule has 0 aliphatic heterocycles. The summed E-state index contributed by atoms with van der Waals surface area (Å²) in [5.74, 6) is -0.327. The van der Waals surface area contributed by atoms with Gasteiger partial charge in [-0.3, -0.25) is 4.79 Å². The molecule has 2 aromatic heterocycles. The minimum absolute atomic E-state index is 0.0324. The van der Waals surface area contributed by atoms with Crippen LogP contribution in [0.2, 0.25) is 0 Å². The third kappa shape index (κ3) is 5.99. The lowest BCUT2D eigenvalue weighted by Crippen LogP contribution is -2.32. The predicted octanol–water partition coefficient (Wildman–Crippen LogP) is 5.42. The van der Waals surface area contributed by atoms with Gasteiger partial charge in [-0.05, 0) is 48.9 Å². The zero-order chi connectivity index (χ0) is 28.5. The number of hydrogen-bond acceptors (Lipinski definition) is 5. The van der Waals surface area contributed by atoms with Crippen LogP contribution in [0, 0.1) is 0 Å². The van der Waals surface area contributed by atoms with Crippen molar-refractivity contribution in [3.8, 4) is 0 Å². The van der Waals surface area contributed by atoms with Crippen molar-refractivity contribution in [3.05, 3.63) is 70.4 Å². The molecule has 0 atom stereocenters. The number of para-hydroxylation sites is 1. The average molecular weight is 554 g/mol. The number of H-pyrrole nitrogens is 1. The summed E-state index contributed by atoms with van der Waals surface area (Å²) in [7, 11) is 1.47. The molecule has 4 aromatic rings. The van der Waals surface area contributed by atoms with Crippen molar-refractivity contribution in [2.45, 2.75) is 39.3 Å². The molecular formula is C25H25F6N7O. The zero-order valence-corrected chi connectivity index (χ0v) is 21.2. The largest absolute Gasteiger partial charge is 0.416 e. The molecule has 39 heavy (non-hydrogen) atoms. The number of anilines is 1. The second kappa shape index (κ2) is 10.6. The van der Waals surface area contributed by atoms with Gasteiger partial charge in [-0.15, -0.1) is 5.10 Å². The molecular weight excluding hydrogens is 528 g/mol. The van der Waals surface area contributed by atoms with Crippen LogP contribution in [-0.4, -0.2) is 49.1 Å². The summed E-state index contributed by atoms with van der Waals surface area (Å²) < 4.78 is 81.0. The molecule has 0 saturated heterocycles. The van der Waals surface area contributed by atoms with E-state index in [2.05, 4.69) is 20.4 Å². The van der Waals surface area contributed by atoms with E-state index in [1.807, 2.05) is 13.8 Å². The number of hydrogen-bond donors (Lipinski definition) is 1. The van der Waals surface area contributed by atoms with Crippen molar-refractivity contribution in [1.82, 2.24) is 30.1 Å². The molecule has 1 amide bonds. The number of tetrazole rings is 1. The summed E-state index contributed by atoms with van der Waals surface area (Å²) in [6.07, 6.45) is -9.99. The number of amides is 1. The SMILES string of the molecule is CCN(CC)C(=O)c1[nH]c2ccccc2c1CN(Cc1cc(C(F)(F)F)cc(C(F)(F)F)c1)c1nnn(C)n1. The van der Waals surface area contributed by atoms with Gasteiger partial charge >= 0.3 is 12.4 Å². The van der Waals surface area contributed by atoms with Crippen LogP contribution in [-0.2, 0) is 32.5 Å². The van der Waals surface area contributed by atoms with Crippen molar-refractivity contribution in [3.63, 3.8) is 0 Å². The number of alkyl halides is 6. The third-order valence-electron chi connectivity index (χ3n) is 6.23. The fourth-order valence-electron chi connectivity index (χ4n) is 4.34. The van der Waals surface area contributed by atoms with Crippen LogP contribution < -0.4 is 4.90 Å². The minimum atomic E-state index is -4.99. The number of aromatic amines is 1. The first-order valence-electron chi connectivity index (χ1n) is 12.0. The fraction of sp³-hybridized carbons (Fsp3) is 0.360. The Labute approximate surface area is 219 Å². The number of carbonyl (C=O) groups is 1. The number of fused-ring (bicyclic) bond motifs is 1. The molecule has 8 nitrogen and oxygen atoms in total. The second-order valence-corrected chi connectivity index (χ2v) is 8.85. The average Bonchev–Trinajstić information content (AvgIpc) is 3.47. The molecule has 0 saturated carbocycles. The molecule has 0 aliphatic rings. The number of nitrogens with one attached hydrogen (secondary N) is 1. The Hall–Kier alpha value is -4.10. The van der Waals surface area contributed by atoms with E-state index >= 15 is 0 Å². The Morgan fingerprint density at radius 3 is 2.10 bits per heavy atom.